The standard InChI is InChI=1S/C15H10Br3ClO2/c16-13-9-12(21-11-3-1-2-10(19)8-11)4-5-14(13)20-7-6-15(17)18/h1-6,8-9H,7H2. The Bertz CT molecular complexity index is 655. The minimum absolute atomic E-state index is 0.457. The lowest BCUT2D eigenvalue weighted by Crippen LogP contribution is -1.94. The summed E-state index contributed by atoms with van der Waals surface area (Å²) in [6.07, 6.45) is 1.86. The van der Waals surface area contributed by atoms with Crippen LogP contribution in [0.3, 0.4) is 0 Å². The van der Waals surface area contributed by atoms with E-state index in [1.165, 1.54) is 0 Å². The molecule has 0 fully saturated rings. The van der Waals surface area contributed by atoms with Gasteiger partial charge in [0.25, 0.3) is 0 Å². The fourth-order valence-electron chi connectivity index (χ4n) is 1.52. The van der Waals surface area contributed by atoms with Crippen LogP contribution in [-0.2, 0) is 0 Å². The summed E-state index contributed by atoms with van der Waals surface area (Å²) >= 11 is 15.9. The van der Waals surface area contributed by atoms with Gasteiger partial charge in [0.1, 0.15) is 23.9 Å². The Labute approximate surface area is 153 Å². The van der Waals surface area contributed by atoms with Gasteiger partial charge in [0.05, 0.1) is 7.86 Å². The van der Waals surface area contributed by atoms with E-state index in [9.17, 15) is 0 Å². The quantitative estimate of drug-likeness (QED) is 0.447. The Kier molecular flexibility index (Phi) is 6.61. The van der Waals surface area contributed by atoms with Gasteiger partial charge >= 0.3 is 0 Å². The van der Waals surface area contributed by atoms with Crippen molar-refractivity contribution in [2.75, 3.05) is 6.61 Å². The van der Waals surface area contributed by atoms with Crippen LogP contribution in [0.15, 0.2) is 56.4 Å². The van der Waals surface area contributed by atoms with Crippen LogP contribution in [0.25, 0.3) is 0 Å². The van der Waals surface area contributed by atoms with Crippen LogP contribution in [0.5, 0.6) is 17.2 Å². The molecular weight excluding hydrogens is 487 g/mol. The predicted octanol–water partition coefficient (Wildman–Crippen LogP) is 6.90. The van der Waals surface area contributed by atoms with Crippen molar-refractivity contribution in [2.45, 2.75) is 0 Å². The van der Waals surface area contributed by atoms with Gasteiger partial charge in [-0.15, -0.1) is 0 Å². The Balaban J connectivity index is 2.06. The van der Waals surface area contributed by atoms with E-state index >= 15 is 0 Å². The highest BCUT2D eigenvalue weighted by Gasteiger charge is 2.04. The number of halogens is 4. The first-order valence-corrected chi connectivity index (χ1v) is 8.67. The smallest absolute Gasteiger partial charge is 0.134 e. The van der Waals surface area contributed by atoms with Gasteiger partial charge in [-0.2, -0.15) is 0 Å². The zero-order valence-corrected chi connectivity index (χ0v) is 16.2. The predicted molar refractivity (Wildman–Crippen MR) is 97.1 cm³/mol. The van der Waals surface area contributed by atoms with Crippen molar-refractivity contribution in [3.63, 3.8) is 0 Å². The first kappa shape index (κ1) is 16.9. The molecule has 0 aliphatic heterocycles. The Morgan fingerprint density at radius 2 is 1.86 bits per heavy atom. The molecule has 2 aromatic carbocycles. The average Bonchev–Trinajstić information content (AvgIpc) is 2.41. The van der Waals surface area contributed by atoms with Crippen LogP contribution in [0, 0.1) is 0 Å². The molecule has 2 nitrogen and oxygen atoms in total. The summed E-state index contributed by atoms with van der Waals surface area (Å²) < 4.78 is 13.0. The number of ether oxygens (including phenoxy) is 2. The van der Waals surface area contributed by atoms with Crippen molar-refractivity contribution in [2.24, 2.45) is 0 Å². The molecule has 21 heavy (non-hydrogen) atoms. The summed E-state index contributed by atoms with van der Waals surface area (Å²) in [6, 6.07) is 12.8. The maximum Gasteiger partial charge on any atom is 0.134 e. The van der Waals surface area contributed by atoms with Crippen molar-refractivity contribution in [3.05, 3.63) is 61.4 Å². The molecule has 110 valence electrons. The van der Waals surface area contributed by atoms with Crippen LogP contribution in [0.2, 0.25) is 5.02 Å². The number of benzene rings is 2. The van der Waals surface area contributed by atoms with Gasteiger partial charge in [-0.3, -0.25) is 0 Å². The van der Waals surface area contributed by atoms with E-state index in [0.717, 1.165) is 13.6 Å². The molecular formula is C15H10Br3ClO2. The maximum absolute atomic E-state index is 5.93. The molecule has 0 aliphatic carbocycles. The van der Waals surface area contributed by atoms with E-state index in [-0.39, 0.29) is 0 Å². The van der Waals surface area contributed by atoms with Gasteiger partial charge in [0, 0.05) is 5.02 Å². The van der Waals surface area contributed by atoms with Crippen LogP contribution >= 0.6 is 59.4 Å². The summed E-state index contributed by atoms with van der Waals surface area (Å²) in [5.74, 6) is 2.13. The van der Waals surface area contributed by atoms with E-state index in [1.807, 2.05) is 36.4 Å². The largest absolute Gasteiger partial charge is 0.488 e. The molecule has 0 unspecified atom stereocenters. The van der Waals surface area contributed by atoms with E-state index < -0.39 is 0 Å². The molecule has 2 aromatic rings. The number of rotatable bonds is 5. The topological polar surface area (TPSA) is 18.5 Å². The van der Waals surface area contributed by atoms with Gasteiger partial charge < -0.3 is 9.47 Å². The normalized spacial score (nSPS) is 10.1. The maximum atomic E-state index is 5.93. The average molecular weight is 497 g/mol. The molecule has 6 heteroatoms. The lowest BCUT2D eigenvalue weighted by Gasteiger charge is -2.10. The highest BCUT2D eigenvalue weighted by Crippen LogP contribution is 2.32. The minimum atomic E-state index is 0.457. The molecule has 0 N–H and O–H groups in total. The third-order valence-corrected chi connectivity index (χ3v) is 3.91. The minimum Gasteiger partial charge on any atom is -0.488 e. The monoisotopic (exact) mass is 494 g/mol. The van der Waals surface area contributed by atoms with E-state index in [2.05, 4.69) is 47.8 Å². The molecule has 0 amide bonds. The zero-order chi connectivity index (χ0) is 15.2. The number of hydrogen-bond donors (Lipinski definition) is 0. The van der Waals surface area contributed by atoms with Gasteiger partial charge in [0.15, 0.2) is 0 Å². The summed E-state index contributed by atoms with van der Waals surface area (Å²) in [5.41, 5.74) is 0. The lowest BCUT2D eigenvalue weighted by atomic mass is 10.3. The lowest BCUT2D eigenvalue weighted by molar-refractivity contribution is 0.359. The highest BCUT2D eigenvalue weighted by molar-refractivity contribution is 9.28. The Morgan fingerprint density at radius 3 is 2.52 bits per heavy atom. The molecule has 0 aromatic heterocycles. The summed E-state index contributed by atoms with van der Waals surface area (Å²) in [5, 5.41) is 0.638. The van der Waals surface area contributed by atoms with Crippen molar-refractivity contribution in [3.8, 4) is 17.2 Å². The molecule has 0 aliphatic rings. The molecule has 0 saturated carbocycles. The van der Waals surface area contributed by atoms with E-state index in [1.54, 1.807) is 12.1 Å². The first-order valence-electron chi connectivity index (χ1n) is 5.91. The number of hydrogen-bond acceptors (Lipinski definition) is 2. The fraction of sp³-hybridized carbons (Fsp3) is 0.0667. The summed E-state index contributed by atoms with van der Waals surface area (Å²) in [6.45, 7) is 0.457. The van der Waals surface area contributed by atoms with E-state index in [0.29, 0.717) is 23.1 Å². The molecule has 0 heterocycles. The molecule has 0 saturated heterocycles. The van der Waals surface area contributed by atoms with Crippen LogP contribution < -0.4 is 9.47 Å². The van der Waals surface area contributed by atoms with Crippen LogP contribution in [-0.4, -0.2) is 6.61 Å². The molecule has 0 bridgehead atoms. The third-order valence-electron chi connectivity index (χ3n) is 2.41. The Hall–Kier alpha value is -0.490. The second-order valence-corrected chi connectivity index (χ2v) is 8.02. The van der Waals surface area contributed by atoms with Crippen LogP contribution in [0.4, 0.5) is 0 Å². The first-order chi connectivity index (χ1) is 10.0. The van der Waals surface area contributed by atoms with Crippen molar-refractivity contribution >= 4 is 59.4 Å². The van der Waals surface area contributed by atoms with Crippen molar-refractivity contribution in [1.82, 2.24) is 0 Å². The van der Waals surface area contributed by atoms with Gasteiger partial charge in [-0.05, 0) is 90.3 Å². The van der Waals surface area contributed by atoms with Gasteiger partial charge in [0.2, 0.25) is 0 Å². The third kappa shape index (κ3) is 5.66. The van der Waals surface area contributed by atoms with Crippen LogP contribution in [0.1, 0.15) is 0 Å². The Morgan fingerprint density at radius 1 is 1.10 bits per heavy atom. The molecule has 0 radical (unpaired) electrons. The second kappa shape index (κ2) is 8.22. The van der Waals surface area contributed by atoms with Crippen molar-refractivity contribution < 1.29 is 9.47 Å². The molecule has 0 atom stereocenters. The molecule has 2 rings (SSSR count). The summed E-state index contributed by atoms with van der Waals surface area (Å²) in [7, 11) is 0. The fourth-order valence-corrected chi connectivity index (χ4v) is 2.44. The second-order valence-electron chi connectivity index (χ2n) is 3.96. The van der Waals surface area contributed by atoms with E-state index in [4.69, 9.17) is 21.1 Å². The van der Waals surface area contributed by atoms with Crippen molar-refractivity contribution in [1.29, 1.82) is 0 Å². The zero-order valence-electron chi connectivity index (χ0n) is 10.7. The molecule has 0 spiro atoms. The SMILES string of the molecule is Clc1cccc(Oc2ccc(OCC=C(Br)Br)c(Br)c2)c1. The summed E-state index contributed by atoms with van der Waals surface area (Å²) in [4.78, 5) is 0. The highest BCUT2D eigenvalue weighted by atomic mass is 79.9. The van der Waals surface area contributed by atoms with Gasteiger partial charge in [-0.1, -0.05) is 17.7 Å². The van der Waals surface area contributed by atoms with Gasteiger partial charge in [-0.25, -0.2) is 0 Å².